The van der Waals surface area contributed by atoms with Gasteiger partial charge in [-0.1, -0.05) is 29.8 Å². The molecule has 10 heteroatoms. The lowest BCUT2D eigenvalue weighted by Gasteiger charge is -2.21. The number of aryl methyl sites for hydroxylation is 2. The van der Waals surface area contributed by atoms with Crippen molar-refractivity contribution in [1.82, 2.24) is 14.5 Å². The van der Waals surface area contributed by atoms with E-state index in [9.17, 15) is 9.59 Å². The van der Waals surface area contributed by atoms with E-state index >= 15 is 0 Å². The summed E-state index contributed by atoms with van der Waals surface area (Å²) in [5.74, 6) is 0.792. The van der Waals surface area contributed by atoms with E-state index in [0.29, 0.717) is 22.9 Å². The van der Waals surface area contributed by atoms with Gasteiger partial charge in [-0.05, 0) is 50.8 Å². The van der Waals surface area contributed by atoms with E-state index in [0.717, 1.165) is 18.4 Å². The summed E-state index contributed by atoms with van der Waals surface area (Å²) < 4.78 is 12.2. The first-order valence-corrected chi connectivity index (χ1v) is 11.3. The van der Waals surface area contributed by atoms with Crippen LogP contribution in [-0.2, 0) is 4.74 Å². The molecule has 1 atom stereocenters. The Hall–Kier alpha value is -3.59. The number of ether oxygens (including phenoxy) is 2. The molecular weight excluding hydrogens is 458 g/mol. The summed E-state index contributed by atoms with van der Waals surface area (Å²) in [5.41, 5.74) is 2.35. The number of methoxy groups -OCH3 is 1. The van der Waals surface area contributed by atoms with Crippen molar-refractivity contribution in [3.63, 3.8) is 0 Å². The van der Waals surface area contributed by atoms with Gasteiger partial charge < -0.3 is 19.4 Å². The Balaban J connectivity index is 1.55. The van der Waals surface area contributed by atoms with Gasteiger partial charge in [0.25, 0.3) is 5.56 Å². The van der Waals surface area contributed by atoms with Crippen LogP contribution in [0.5, 0.6) is 5.88 Å². The minimum Gasteiger partial charge on any atom is -0.481 e. The van der Waals surface area contributed by atoms with Gasteiger partial charge in [0.2, 0.25) is 5.88 Å². The molecule has 1 fully saturated rings. The second kappa shape index (κ2) is 10.1. The maximum Gasteiger partial charge on any atom is 0.411 e. The Labute approximate surface area is 202 Å². The number of hydrogen-bond donors (Lipinski definition) is 2. The van der Waals surface area contributed by atoms with Crippen molar-refractivity contribution in [3.05, 3.63) is 69.4 Å². The molecule has 0 saturated heterocycles. The van der Waals surface area contributed by atoms with Crippen LogP contribution < -0.4 is 20.9 Å². The third kappa shape index (κ3) is 5.48. The largest absolute Gasteiger partial charge is 0.481 e. The van der Waals surface area contributed by atoms with Crippen LogP contribution in [0.4, 0.5) is 22.0 Å². The van der Waals surface area contributed by atoms with Crippen LogP contribution in [0.3, 0.4) is 0 Å². The van der Waals surface area contributed by atoms with E-state index in [1.54, 1.807) is 26.2 Å². The lowest BCUT2D eigenvalue weighted by molar-refractivity contribution is 0.135. The van der Waals surface area contributed by atoms with E-state index in [2.05, 4.69) is 20.6 Å². The average molecular weight is 484 g/mol. The van der Waals surface area contributed by atoms with E-state index in [1.807, 2.05) is 31.2 Å². The summed E-state index contributed by atoms with van der Waals surface area (Å²) in [6.45, 7) is 3.70. The number of carbonyl (C=O) groups excluding carboxylic acids is 1. The Bertz CT molecular complexity index is 1240. The van der Waals surface area contributed by atoms with Crippen LogP contribution in [0.25, 0.3) is 0 Å². The lowest BCUT2D eigenvalue weighted by Crippen LogP contribution is -2.32. The van der Waals surface area contributed by atoms with Crippen molar-refractivity contribution in [2.24, 2.45) is 5.92 Å². The smallest absolute Gasteiger partial charge is 0.411 e. The number of aromatic nitrogens is 3. The molecule has 1 saturated carbocycles. The van der Waals surface area contributed by atoms with E-state index < -0.39 is 6.09 Å². The summed E-state index contributed by atoms with van der Waals surface area (Å²) >= 11 is 6.28. The molecule has 1 aromatic carbocycles. The maximum absolute atomic E-state index is 13.3. The van der Waals surface area contributed by atoms with Gasteiger partial charge in [0.1, 0.15) is 11.8 Å². The Kier molecular flexibility index (Phi) is 7.02. The topological polar surface area (TPSA) is 107 Å². The SMILES string of the molecule is COc1nc(C)c(Nc2nc(Cl)cn([C@H](COC(=O)Nc3ccccc3)C3CC3)c2=O)cc1C. The van der Waals surface area contributed by atoms with Crippen molar-refractivity contribution in [1.29, 1.82) is 0 Å². The highest BCUT2D eigenvalue weighted by Gasteiger charge is 2.35. The molecule has 2 N–H and O–H groups in total. The Morgan fingerprint density at radius 3 is 2.65 bits per heavy atom. The van der Waals surface area contributed by atoms with Gasteiger partial charge in [0.05, 0.1) is 24.5 Å². The van der Waals surface area contributed by atoms with E-state index in [4.69, 9.17) is 21.1 Å². The fourth-order valence-corrected chi connectivity index (χ4v) is 3.90. The second-order valence-corrected chi connectivity index (χ2v) is 8.58. The average Bonchev–Trinajstić information content (AvgIpc) is 3.65. The van der Waals surface area contributed by atoms with Crippen LogP contribution in [0.1, 0.15) is 30.1 Å². The lowest BCUT2D eigenvalue weighted by atomic mass is 10.2. The third-order valence-corrected chi connectivity index (χ3v) is 5.82. The van der Waals surface area contributed by atoms with Crippen LogP contribution in [0, 0.1) is 19.8 Å². The van der Waals surface area contributed by atoms with Gasteiger partial charge in [-0.3, -0.25) is 10.1 Å². The predicted octanol–water partition coefficient (Wildman–Crippen LogP) is 4.86. The highest BCUT2D eigenvalue weighted by molar-refractivity contribution is 6.29. The summed E-state index contributed by atoms with van der Waals surface area (Å²) in [4.78, 5) is 34.2. The zero-order valence-corrected chi connectivity index (χ0v) is 19.9. The highest BCUT2D eigenvalue weighted by Crippen LogP contribution is 2.39. The highest BCUT2D eigenvalue weighted by atomic mass is 35.5. The van der Waals surface area contributed by atoms with Crippen molar-refractivity contribution in [2.75, 3.05) is 24.4 Å². The molecule has 2 aromatic heterocycles. The number of benzene rings is 1. The van der Waals surface area contributed by atoms with Crippen molar-refractivity contribution in [2.45, 2.75) is 32.7 Å². The summed E-state index contributed by atoms with van der Waals surface area (Å²) in [6.07, 6.45) is 2.77. The van der Waals surface area contributed by atoms with Gasteiger partial charge in [-0.2, -0.15) is 0 Å². The number of halogens is 1. The monoisotopic (exact) mass is 483 g/mol. The molecule has 1 aliphatic rings. The minimum atomic E-state index is -0.584. The zero-order chi connectivity index (χ0) is 24.2. The molecule has 4 rings (SSSR count). The van der Waals surface area contributed by atoms with E-state index in [1.165, 1.54) is 10.8 Å². The number of para-hydroxylation sites is 1. The number of nitrogens with one attached hydrogen (secondary N) is 2. The first-order valence-electron chi connectivity index (χ1n) is 10.9. The summed E-state index contributed by atoms with van der Waals surface area (Å²) in [6, 6.07) is 10.5. The van der Waals surface area contributed by atoms with Crippen molar-refractivity contribution < 1.29 is 14.3 Å². The summed E-state index contributed by atoms with van der Waals surface area (Å²) in [5, 5.41) is 5.89. The first-order chi connectivity index (χ1) is 16.4. The van der Waals surface area contributed by atoms with Gasteiger partial charge in [-0.15, -0.1) is 0 Å². The van der Waals surface area contributed by atoms with Crippen LogP contribution >= 0.6 is 11.6 Å². The van der Waals surface area contributed by atoms with Crippen LogP contribution in [0.15, 0.2) is 47.4 Å². The number of amides is 1. The number of nitrogens with zero attached hydrogens (tertiary/aromatic N) is 3. The number of pyridine rings is 1. The minimum absolute atomic E-state index is 0.0330. The van der Waals surface area contributed by atoms with Crippen LogP contribution in [0.2, 0.25) is 5.15 Å². The molecule has 178 valence electrons. The van der Waals surface area contributed by atoms with E-state index in [-0.39, 0.29) is 35.1 Å². The molecular formula is C24H26ClN5O4. The van der Waals surface area contributed by atoms with Gasteiger partial charge >= 0.3 is 6.09 Å². The Morgan fingerprint density at radius 1 is 1.24 bits per heavy atom. The molecule has 1 aliphatic carbocycles. The fourth-order valence-electron chi connectivity index (χ4n) is 3.71. The van der Waals surface area contributed by atoms with Gasteiger partial charge in [-0.25, -0.2) is 14.8 Å². The first kappa shape index (κ1) is 23.6. The molecule has 0 spiro atoms. The molecule has 9 nitrogen and oxygen atoms in total. The number of anilines is 3. The maximum atomic E-state index is 13.3. The third-order valence-electron chi connectivity index (χ3n) is 5.63. The quantitative estimate of drug-likeness (QED) is 0.471. The second-order valence-electron chi connectivity index (χ2n) is 8.19. The molecule has 0 aliphatic heterocycles. The van der Waals surface area contributed by atoms with Crippen LogP contribution in [-0.4, -0.2) is 34.3 Å². The number of rotatable bonds is 8. The molecule has 2 heterocycles. The fraction of sp³-hybridized carbons (Fsp3) is 0.333. The molecule has 0 unspecified atom stereocenters. The molecule has 0 bridgehead atoms. The number of hydrogen-bond acceptors (Lipinski definition) is 7. The van der Waals surface area contributed by atoms with Crippen molar-refractivity contribution in [3.8, 4) is 5.88 Å². The molecule has 3 aromatic rings. The standard InChI is InChI=1S/C24H26ClN5O4/c1-14-11-18(15(2)26-22(14)33-3)28-21-23(31)30(12-20(25)29-21)19(16-9-10-16)13-34-24(32)27-17-7-5-4-6-8-17/h4-8,11-12,16,19H,9-10,13H2,1-3H3,(H,27,32)(H,28,29)/t19-/m1/s1. The molecule has 34 heavy (non-hydrogen) atoms. The van der Waals surface area contributed by atoms with Gasteiger partial charge in [0.15, 0.2) is 5.82 Å². The Morgan fingerprint density at radius 2 is 1.97 bits per heavy atom. The molecule has 1 amide bonds. The number of carbonyl (C=O) groups is 1. The predicted molar refractivity (Wildman–Crippen MR) is 130 cm³/mol. The van der Waals surface area contributed by atoms with Gasteiger partial charge in [0, 0.05) is 17.4 Å². The normalized spacial score (nSPS) is 13.8. The molecule has 0 radical (unpaired) electrons. The zero-order valence-electron chi connectivity index (χ0n) is 19.2. The van der Waals surface area contributed by atoms with Crippen molar-refractivity contribution >= 4 is 34.9 Å². The summed E-state index contributed by atoms with van der Waals surface area (Å²) in [7, 11) is 1.55.